The Bertz CT molecular complexity index is 1060. The van der Waals surface area contributed by atoms with Crippen LogP contribution in [-0.4, -0.2) is 23.2 Å². The summed E-state index contributed by atoms with van der Waals surface area (Å²) < 4.78 is 24.3. The highest BCUT2D eigenvalue weighted by molar-refractivity contribution is 7.14. The number of methoxy groups -OCH3 is 1. The van der Waals surface area contributed by atoms with Gasteiger partial charge in [-0.2, -0.15) is 5.10 Å². The summed E-state index contributed by atoms with van der Waals surface area (Å²) in [5, 5.41) is 17.4. The van der Waals surface area contributed by atoms with E-state index in [2.05, 4.69) is 15.5 Å². The van der Waals surface area contributed by atoms with Crippen LogP contribution in [0.2, 0.25) is 0 Å². The molecule has 0 unspecified atom stereocenters. The first kappa shape index (κ1) is 20.0. The number of thiazole rings is 1. The van der Waals surface area contributed by atoms with Crippen molar-refractivity contribution in [1.29, 1.82) is 0 Å². The summed E-state index contributed by atoms with van der Waals surface area (Å²) in [5.74, 6) is 0.122. The number of halogens is 1. The van der Waals surface area contributed by atoms with E-state index in [1.807, 2.05) is 0 Å². The molecule has 3 rings (SSSR count). The third-order valence-corrected chi connectivity index (χ3v) is 4.47. The van der Waals surface area contributed by atoms with Crippen molar-refractivity contribution >= 4 is 34.2 Å². The Morgan fingerprint density at radius 2 is 2.17 bits per heavy atom. The minimum Gasteiger partial charge on any atom is -0.496 e. The number of aromatic nitrogens is 1. The topological polar surface area (TPSA) is 125 Å². The van der Waals surface area contributed by atoms with Crippen LogP contribution in [-0.2, 0) is 6.61 Å². The summed E-state index contributed by atoms with van der Waals surface area (Å²) in [6, 6.07) is 8.26. The molecule has 0 spiro atoms. The fourth-order valence-electron chi connectivity index (χ4n) is 2.40. The van der Waals surface area contributed by atoms with Crippen LogP contribution in [0.5, 0.6) is 11.5 Å². The highest BCUT2D eigenvalue weighted by Gasteiger charge is 2.17. The quantitative estimate of drug-likeness (QED) is 0.324. The van der Waals surface area contributed by atoms with Crippen molar-refractivity contribution in [2.24, 2.45) is 5.10 Å². The summed E-state index contributed by atoms with van der Waals surface area (Å²) >= 11 is 1.32. The predicted molar refractivity (Wildman–Crippen MR) is 108 cm³/mol. The molecule has 9 nitrogen and oxygen atoms in total. The molecule has 0 radical (unpaired) electrons. The first-order valence-electron chi connectivity index (χ1n) is 8.20. The Balaban J connectivity index is 1.75. The Hall–Kier alpha value is -3.73. The van der Waals surface area contributed by atoms with E-state index in [1.165, 1.54) is 18.4 Å². The molecular formula is C18H16FN5O4S. The maximum Gasteiger partial charge on any atom is 0.311 e. The van der Waals surface area contributed by atoms with Crippen molar-refractivity contribution in [1.82, 2.24) is 4.98 Å². The monoisotopic (exact) mass is 417 g/mol. The summed E-state index contributed by atoms with van der Waals surface area (Å²) in [5.41, 5.74) is 9.31. The van der Waals surface area contributed by atoms with Crippen molar-refractivity contribution in [3.8, 4) is 11.5 Å². The van der Waals surface area contributed by atoms with Crippen molar-refractivity contribution in [2.75, 3.05) is 18.3 Å². The van der Waals surface area contributed by atoms with Crippen molar-refractivity contribution < 1.29 is 18.8 Å². The van der Waals surface area contributed by atoms with E-state index in [1.54, 1.807) is 29.8 Å². The number of nitrogens with two attached hydrogens (primary N) is 1. The van der Waals surface area contributed by atoms with Gasteiger partial charge in [0.25, 0.3) is 0 Å². The van der Waals surface area contributed by atoms with Crippen LogP contribution in [0.1, 0.15) is 11.1 Å². The number of anilines is 2. The second kappa shape index (κ2) is 8.97. The molecule has 0 saturated carbocycles. The van der Waals surface area contributed by atoms with Crippen LogP contribution in [0.25, 0.3) is 0 Å². The Morgan fingerprint density at radius 1 is 1.34 bits per heavy atom. The molecule has 3 aromatic rings. The van der Waals surface area contributed by atoms with E-state index < -0.39 is 10.7 Å². The number of nitro groups is 1. The summed E-state index contributed by atoms with van der Waals surface area (Å²) in [4.78, 5) is 14.5. The SMILES string of the molecule is COc1ccc(C=NNc2nc(N)cs2)cc1COc1cc(F)ccc1[N+](=O)[O-]. The third kappa shape index (κ3) is 5.17. The van der Waals surface area contributed by atoms with Gasteiger partial charge in [-0.05, 0) is 29.8 Å². The number of hydrogen-bond donors (Lipinski definition) is 2. The highest BCUT2D eigenvalue weighted by atomic mass is 32.1. The lowest BCUT2D eigenvalue weighted by Gasteiger charge is -2.11. The maximum absolute atomic E-state index is 13.5. The van der Waals surface area contributed by atoms with E-state index in [4.69, 9.17) is 15.2 Å². The average molecular weight is 417 g/mol. The molecule has 11 heteroatoms. The first-order valence-corrected chi connectivity index (χ1v) is 9.08. The lowest BCUT2D eigenvalue weighted by atomic mass is 10.1. The molecule has 0 aliphatic carbocycles. The second-order valence-electron chi connectivity index (χ2n) is 5.68. The van der Waals surface area contributed by atoms with Crippen molar-refractivity contribution in [3.05, 3.63) is 68.8 Å². The van der Waals surface area contributed by atoms with E-state index >= 15 is 0 Å². The normalized spacial score (nSPS) is 10.8. The van der Waals surface area contributed by atoms with Gasteiger partial charge in [0.1, 0.15) is 24.0 Å². The zero-order chi connectivity index (χ0) is 20.8. The number of rotatable bonds is 8. The van der Waals surface area contributed by atoms with Crippen molar-refractivity contribution in [2.45, 2.75) is 6.61 Å². The molecule has 0 saturated heterocycles. The number of hydrazone groups is 1. The lowest BCUT2D eigenvalue weighted by Crippen LogP contribution is -2.02. The zero-order valence-electron chi connectivity index (χ0n) is 15.2. The number of nitro benzene ring substituents is 1. The highest BCUT2D eigenvalue weighted by Crippen LogP contribution is 2.29. The second-order valence-corrected chi connectivity index (χ2v) is 6.53. The molecule has 150 valence electrons. The molecule has 1 heterocycles. The number of benzene rings is 2. The smallest absolute Gasteiger partial charge is 0.311 e. The van der Waals surface area contributed by atoms with Crippen LogP contribution < -0.4 is 20.6 Å². The molecule has 0 amide bonds. The Morgan fingerprint density at radius 3 is 2.86 bits per heavy atom. The van der Waals surface area contributed by atoms with Gasteiger partial charge in [-0.25, -0.2) is 9.37 Å². The van der Waals surface area contributed by atoms with Gasteiger partial charge in [-0.1, -0.05) is 0 Å². The summed E-state index contributed by atoms with van der Waals surface area (Å²) in [7, 11) is 1.49. The van der Waals surface area contributed by atoms with Gasteiger partial charge in [-0.15, -0.1) is 11.3 Å². The van der Waals surface area contributed by atoms with Gasteiger partial charge in [-0.3, -0.25) is 15.5 Å². The summed E-state index contributed by atoms with van der Waals surface area (Å²) in [6.45, 7) is -0.0639. The molecule has 2 aromatic carbocycles. The minimum atomic E-state index is -0.633. The largest absolute Gasteiger partial charge is 0.496 e. The average Bonchev–Trinajstić information content (AvgIpc) is 3.11. The molecule has 0 aliphatic heterocycles. The van der Waals surface area contributed by atoms with E-state index in [0.717, 1.165) is 23.8 Å². The van der Waals surface area contributed by atoms with Gasteiger partial charge in [0.05, 0.1) is 18.2 Å². The number of nitrogen functional groups attached to an aromatic ring is 1. The van der Waals surface area contributed by atoms with Gasteiger partial charge in [0, 0.05) is 23.1 Å². The van der Waals surface area contributed by atoms with Gasteiger partial charge < -0.3 is 15.2 Å². The lowest BCUT2D eigenvalue weighted by molar-refractivity contribution is -0.386. The van der Waals surface area contributed by atoms with Gasteiger partial charge >= 0.3 is 5.69 Å². The Kier molecular flexibility index (Phi) is 6.19. The maximum atomic E-state index is 13.5. The predicted octanol–water partition coefficient (Wildman–Crippen LogP) is 3.81. The Labute approximate surface area is 168 Å². The van der Waals surface area contributed by atoms with E-state index in [0.29, 0.717) is 22.3 Å². The molecule has 0 bridgehead atoms. The number of nitrogens with one attached hydrogen (secondary N) is 1. The molecule has 0 aliphatic rings. The first-order chi connectivity index (χ1) is 14.0. The molecule has 1 aromatic heterocycles. The van der Waals surface area contributed by atoms with Crippen LogP contribution >= 0.6 is 11.3 Å². The van der Waals surface area contributed by atoms with Gasteiger partial charge in [0.15, 0.2) is 5.75 Å². The number of ether oxygens (including phenoxy) is 2. The molecule has 29 heavy (non-hydrogen) atoms. The van der Waals surface area contributed by atoms with E-state index in [-0.39, 0.29) is 18.0 Å². The summed E-state index contributed by atoms with van der Waals surface area (Å²) in [6.07, 6.45) is 1.56. The standard InChI is InChI=1S/C18H16FN5O4S/c1-27-15-5-2-11(8-21-23-18-22-17(20)10-29-18)6-12(15)9-28-16-7-13(19)3-4-14(16)24(25)26/h2-8,10H,9,20H2,1H3,(H,22,23). The van der Waals surface area contributed by atoms with Crippen LogP contribution in [0.3, 0.4) is 0 Å². The molecular weight excluding hydrogens is 401 g/mol. The molecule has 0 fully saturated rings. The van der Waals surface area contributed by atoms with Crippen molar-refractivity contribution in [3.63, 3.8) is 0 Å². The van der Waals surface area contributed by atoms with Gasteiger partial charge in [0.2, 0.25) is 5.13 Å². The van der Waals surface area contributed by atoms with E-state index in [9.17, 15) is 14.5 Å². The minimum absolute atomic E-state index is 0.0639. The fraction of sp³-hybridized carbons (Fsp3) is 0.111. The third-order valence-electron chi connectivity index (χ3n) is 3.70. The zero-order valence-corrected chi connectivity index (χ0v) is 16.0. The fourth-order valence-corrected chi connectivity index (χ4v) is 2.95. The number of hydrogen-bond acceptors (Lipinski definition) is 9. The van der Waals surface area contributed by atoms with Crippen LogP contribution in [0.15, 0.2) is 46.9 Å². The molecule has 3 N–H and O–H groups in total. The molecule has 0 atom stereocenters. The number of nitrogens with zero attached hydrogens (tertiary/aromatic N) is 3. The van der Waals surface area contributed by atoms with Crippen LogP contribution in [0.4, 0.5) is 21.0 Å². The van der Waals surface area contributed by atoms with Crippen LogP contribution in [0, 0.1) is 15.9 Å².